The number of piperidine rings is 1. The number of likely N-dealkylation sites (tertiary alicyclic amines) is 1. The molecule has 1 aromatic carbocycles. The zero-order valence-electron chi connectivity index (χ0n) is 14.6. The zero-order chi connectivity index (χ0) is 17.9. The standard InChI is InChI=1S/C18H25F3N2O.ClH/c1-12(11-14-6-8-15(9-7-14)18(19,20)21)17(24)23-10-4-3-5-16(23)13(2)22;/h6-9,12-13,16H,3-5,10-11,22H2,1-2H3;1H. The van der Waals surface area contributed by atoms with Gasteiger partial charge in [0.25, 0.3) is 0 Å². The van der Waals surface area contributed by atoms with E-state index in [2.05, 4.69) is 0 Å². The lowest BCUT2D eigenvalue weighted by atomic mass is 9.93. The molecule has 1 aliphatic rings. The second kappa shape index (κ2) is 8.90. The van der Waals surface area contributed by atoms with E-state index < -0.39 is 11.7 Å². The maximum Gasteiger partial charge on any atom is 0.416 e. The fourth-order valence-corrected chi connectivity index (χ4v) is 3.33. The monoisotopic (exact) mass is 378 g/mol. The van der Waals surface area contributed by atoms with E-state index in [9.17, 15) is 18.0 Å². The predicted molar refractivity (Wildman–Crippen MR) is 94.6 cm³/mol. The molecule has 2 rings (SSSR count). The number of nitrogens with zero attached hydrogens (tertiary/aromatic N) is 1. The van der Waals surface area contributed by atoms with Crippen LogP contribution in [0.25, 0.3) is 0 Å². The zero-order valence-corrected chi connectivity index (χ0v) is 15.4. The molecule has 1 aromatic rings. The minimum atomic E-state index is -4.34. The normalized spacial score (nSPS) is 20.6. The van der Waals surface area contributed by atoms with Crippen molar-refractivity contribution >= 4 is 18.3 Å². The van der Waals surface area contributed by atoms with Crippen LogP contribution in [0, 0.1) is 5.92 Å². The third kappa shape index (κ3) is 5.61. The molecular formula is C18H26ClF3N2O. The predicted octanol–water partition coefficient (Wildman–Crippen LogP) is 4.03. The van der Waals surface area contributed by atoms with Gasteiger partial charge in [-0.15, -0.1) is 12.4 Å². The summed E-state index contributed by atoms with van der Waals surface area (Å²) in [5.41, 5.74) is 6.07. The second-order valence-electron chi connectivity index (χ2n) is 6.75. The van der Waals surface area contributed by atoms with Crippen molar-refractivity contribution in [1.82, 2.24) is 4.90 Å². The van der Waals surface area contributed by atoms with Crippen LogP contribution in [-0.2, 0) is 17.4 Å². The third-order valence-corrected chi connectivity index (χ3v) is 4.68. The smallest absolute Gasteiger partial charge is 0.338 e. The number of benzene rings is 1. The Bertz CT molecular complexity index is 560. The molecule has 7 heteroatoms. The van der Waals surface area contributed by atoms with E-state index in [0.29, 0.717) is 13.0 Å². The maximum absolute atomic E-state index is 12.7. The summed E-state index contributed by atoms with van der Waals surface area (Å²) in [5.74, 6) is -0.238. The van der Waals surface area contributed by atoms with Crippen molar-refractivity contribution in [2.24, 2.45) is 11.7 Å². The van der Waals surface area contributed by atoms with Crippen molar-refractivity contribution < 1.29 is 18.0 Å². The van der Waals surface area contributed by atoms with Crippen LogP contribution in [0.3, 0.4) is 0 Å². The minimum Gasteiger partial charge on any atom is -0.338 e. The highest BCUT2D eigenvalue weighted by Gasteiger charge is 2.32. The van der Waals surface area contributed by atoms with E-state index in [0.717, 1.165) is 37.0 Å². The van der Waals surface area contributed by atoms with Crippen molar-refractivity contribution in [2.75, 3.05) is 6.54 Å². The molecule has 1 saturated heterocycles. The molecule has 0 saturated carbocycles. The molecule has 25 heavy (non-hydrogen) atoms. The number of hydrogen-bond acceptors (Lipinski definition) is 2. The average molecular weight is 379 g/mol. The Morgan fingerprint density at radius 3 is 2.36 bits per heavy atom. The number of amides is 1. The highest BCUT2D eigenvalue weighted by molar-refractivity contribution is 5.85. The number of rotatable bonds is 4. The largest absolute Gasteiger partial charge is 0.416 e. The van der Waals surface area contributed by atoms with E-state index in [1.54, 1.807) is 0 Å². The molecule has 142 valence electrons. The lowest BCUT2D eigenvalue weighted by molar-refractivity contribution is -0.139. The van der Waals surface area contributed by atoms with Crippen LogP contribution in [-0.4, -0.2) is 29.4 Å². The van der Waals surface area contributed by atoms with Gasteiger partial charge in [0, 0.05) is 24.5 Å². The summed E-state index contributed by atoms with van der Waals surface area (Å²) in [6.07, 6.45) is -0.945. The first-order valence-electron chi connectivity index (χ1n) is 8.42. The minimum absolute atomic E-state index is 0. The fourth-order valence-electron chi connectivity index (χ4n) is 3.33. The Labute approximate surface area is 153 Å². The molecule has 3 nitrogen and oxygen atoms in total. The first-order valence-corrected chi connectivity index (χ1v) is 8.42. The fraction of sp³-hybridized carbons (Fsp3) is 0.611. The van der Waals surface area contributed by atoms with Gasteiger partial charge in [-0.05, 0) is 50.3 Å². The van der Waals surface area contributed by atoms with Crippen LogP contribution in [0.15, 0.2) is 24.3 Å². The first kappa shape index (κ1) is 21.8. The molecule has 2 N–H and O–H groups in total. The van der Waals surface area contributed by atoms with Gasteiger partial charge in [0.1, 0.15) is 0 Å². The molecule has 3 atom stereocenters. The van der Waals surface area contributed by atoms with Crippen LogP contribution in [0.4, 0.5) is 13.2 Å². The van der Waals surface area contributed by atoms with Crippen LogP contribution in [0.1, 0.15) is 44.2 Å². The van der Waals surface area contributed by atoms with Crippen molar-refractivity contribution in [3.63, 3.8) is 0 Å². The quantitative estimate of drug-likeness (QED) is 0.859. The molecule has 0 aliphatic carbocycles. The summed E-state index contributed by atoms with van der Waals surface area (Å²) >= 11 is 0. The van der Waals surface area contributed by atoms with Crippen LogP contribution >= 0.6 is 12.4 Å². The molecule has 0 radical (unpaired) electrons. The highest BCUT2D eigenvalue weighted by atomic mass is 35.5. The third-order valence-electron chi connectivity index (χ3n) is 4.68. The van der Waals surface area contributed by atoms with Gasteiger partial charge in [-0.3, -0.25) is 4.79 Å². The highest BCUT2D eigenvalue weighted by Crippen LogP contribution is 2.29. The lowest BCUT2D eigenvalue weighted by Crippen LogP contribution is -2.53. The van der Waals surface area contributed by atoms with Crippen LogP contribution in [0.2, 0.25) is 0 Å². The van der Waals surface area contributed by atoms with Gasteiger partial charge >= 0.3 is 6.18 Å². The van der Waals surface area contributed by atoms with Gasteiger partial charge < -0.3 is 10.6 Å². The van der Waals surface area contributed by atoms with Gasteiger partial charge in [0.05, 0.1) is 5.56 Å². The van der Waals surface area contributed by atoms with Crippen LogP contribution < -0.4 is 5.73 Å². The summed E-state index contributed by atoms with van der Waals surface area (Å²) in [5, 5.41) is 0. The summed E-state index contributed by atoms with van der Waals surface area (Å²) in [6.45, 7) is 4.45. The second-order valence-corrected chi connectivity index (χ2v) is 6.75. The summed E-state index contributed by atoms with van der Waals surface area (Å²) in [7, 11) is 0. The molecular weight excluding hydrogens is 353 g/mol. The van der Waals surface area contributed by atoms with Crippen molar-refractivity contribution in [3.8, 4) is 0 Å². The van der Waals surface area contributed by atoms with E-state index in [4.69, 9.17) is 5.73 Å². The molecule has 0 spiro atoms. The summed E-state index contributed by atoms with van der Waals surface area (Å²) in [4.78, 5) is 14.6. The molecule has 1 heterocycles. The van der Waals surface area contributed by atoms with Crippen molar-refractivity contribution in [2.45, 2.75) is 57.8 Å². The topological polar surface area (TPSA) is 46.3 Å². The number of halogens is 4. The number of carbonyl (C=O) groups is 1. The summed E-state index contributed by atoms with van der Waals surface area (Å²) in [6, 6.07) is 5.02. The average Bonchev–Trinajstić information content (AvgIpc) is 2.53. The Morgan fingerprint density at radius 2 is 1.84 bits per heavy atom. The van der Waals surface area contributed by atoms with Gasteiger partial charge in [0.2, 0.25) is 5.91 Å². The number of alkyl halides is 3. The van der Waals surface area contributed by atoms with E-state index >= 15 is 0 Å². The SMILES string of the molecule is CC(Cc1ccc(C(F)(F)F)cc1)C(=O)N1CCCCC1C(C)N.Cl. The van der Waals surface area contributed by atoms with Crippen LogP contribution in [0.5, 0.6) is 0 Å². The maximum atomic E-state index is 12.7. The Kier molecular flexibility index (Phi) is 7.75. The van der Waals surface area contributed by atoms with Gasteiger partial charge in [-0.25, -0.2) is 0 Å². The Morgan fingerprint density at radius 1 is 1.24 bits per heavy atom. The molecule has 0 aromatic heterocycles. The van der Waals surface area contributed by atoms with Crippen molar-refractivity contribution in [3.05, 3.63) is 35.4 Å². The molecule has 1 fully saturated rings. The van der Waals surface area contributed by atoms with Gasteiger partial charge in [-0.2, -0.15) is 13.2 Å². The Balaban J connectivity index is 0.00000312. The Hall–Kier alpha value is -1.27. The number of hydrogen-bond donors (Lipinski definition) is 1. The van der Waals surface area contributed by atoms with Gasteiger partial charge in [0.15, 0.2) is 0 Å². The van der Waals surface area contributed by atoms with E-state index in [1.807, 2.05) is 18.7 Å². The van der Waals surface area contributed by atoms with Crippen molar-refractivity contribution in [1.29, 1.82) is 0 Å². The lowest BCUT2D eigenvalue weighted by Gasteiger charge is -2.39. The number of carbonyl (C=O) groups excluding carboxylic acids is 1. The van der Waals surface area contributed by atoms with E-state index in [-0.39, 0.29) is 36.3 Å². The molecule has 1 amide bonds. The number of nitrogens with two attached hydrogens (primary N) is 1. The van der Waals surface area contributed by atoms with E-state index in [1.165, 1.54) is 12.1 Å². The van der Waals surface area contributed by atoms with Gasteiger partial charge in [-0.1, -0.05) is 19.1 Å². The molecule has 0 bridgehead atoms. The first-order chi connectivity index (χ1) is 11.2. The summed E-state index contributed by atoms with van der Waals surface area (Å²) < 4.78 is 37.8. The molecule has 3 unspecified atom stereocenters. The molecule has 1 aliphatic heterocycles.